The zero-order chi connectivity index (χ0) is 49.6. The van der Waals surface area contributed by atoms with E-state index in [2.05, 4.69) is 34.6 Å². The van der Waals surface area contributed by atoms with Gasteiger partial charge in [-0.15, -0.1) is 0 Å². The van der Waals surface area contributed by atoms with Crippen molar-refractivity contribution in [2.45, 2.75) is 355 Å². The number of hydrogen-bond donors (Lipinski definition) is 0. The summed E-state index contributed by atoms with van der Waals surface area (Å²) < 4.78 is 16.9. The van der Waals surface area contributed by atoms with Gasteiger partial charge >= 0.3 is 17.9 Å². The largest absolute Gasteiger partial charge is 0.462 e. The molecule has 0 aromatic heterocycles. The highest BCUT2D eigenvalue weighted by Gasteiger charge is 2.19. The van der Waals surface area contributed by atoms with E-state index in [1.807, 2.05) is 0 Å². The first-order valence-corrected chi connectivity index (χ1v) is 30.7. The fraction of sp³-hybridized carbons (Fsp3) is 0.952. The van der Waals surface area contributed by atoms with Gasteiger partial charge in [-0.05, 0) is 31.1 Å². The summed E-state index contributed by atoms with van der Waals surface area (Å²) in [5, 5.41) is 0. The topological polar surface area (TPSA) is 78.9 Å². The standard InChI is InChI=1S/C62H120O6/c1-6-7-8-9-10-11-12-20-27-32-37-42-47-52-60(63)66-55-59(56-67-61(64)53-48-43-38-33-28-24-19-22-26-31-36-41-46-51-58(4)5)68-62(65)54-49-44-39-34-29-23-18-16-14-13-15-17-21-25-30-35-40-45-50-57(2)3/h57-59H,6-56H2,1-5H3/t59-/m0/s1. The maximum Gasteiger partial charge on any atom is 0.306 e. The molecule has 0 saturated carbocycles. The number of ether oxygens (including phenoxy) is 3. The van der Waals surface area contributed by atoms with Gasteiger partial charge in [0.05, 0.1) is 0 Å². The van der Waals surface area contributed by atoms with E-state index in [1.165, 1.54) is 238 Å². The second-order valence-electron chi connectivity index (χ2n) is 22.3. The van der Waals surface area contributed by atoms with E-state index in [9.17, 15) is 14.4 Å². The quantitative estimate of drug-likeness (QED) is 0.0343. The van der Waals surface area contributed by atoms with Crippen LogP contribution in [0.4, 0.5) is 0 Å². The molecule has 0 fully saturated rings. The highest BCUT2D eigenvalue weighted by molar-refractivity contribution is 5.71. The molecule has 404 valence electrons. The van der Waals surface area contributed by atoms with Crippen LogP contribution in [-0.2, 0) is 28.6 Å². The lowest BCUT2D eigenvalue weighted by Crippen LogP contribution is -2.30. The predicted octanol–water partition coefficient (Wildman–Crippen LogP) is 20.4. The van der Waals surface area contributed by atoms with Gasteiger partial charge in [0, 0.05) is 19.3 Å². The van der Waals surface area contributed by atoms with Crippen LogP contribution in [0.2, 0.25) is 0 Å². The maximum atomic E-state index is 12.9. The zero-order valence-electron chi connectivity index (χ0n) is 46.7. The molecule has 0 saturated heterocycles. The summed E-state index contributed by atoms with van der Waals surface area (Å²) in [6.45, 7) is 11.4. The van der Waals surface area contributed by atoms with Gasteiger partial charge in [0.25, 0.3) is 0 Å². The summed E-state index contributed by atoms with van der Waals surface area (Å²) >= 11 is 0. The highest BCUT2D eigenvalue weighted by Crippen LogP contribution is 2.19. The Labute approximate surface area is 425 Å². The van der Waals surface area contributed by atoms with Crippen LogP contribution in [0.15, 0.2) is 0 Å². The van der Waals surface area contributed by atoms with Crippen molar-refractivity contribution in [1.29, 1.82) is 0 Å². The maximum absolute atomic E-state index is 12.9. The molecule has 0 aromatic carbocycles. The second kappa shape index (κ2) is 54.7. The number of hydrogen-bond acceptors (Lipinski definition) is 6. The summed E-state index contributed by atoms with van der Waals surface area (Å²) in [6.07, 6.45) is 59.6. The van der Waals surface area contributed by atoms with Crippen LogP contribution < -0.4 is 0 Å². The monoisotopic (exact) mass is 961 g/mol. The number of carbonyl (C=O) groups is 3. The molecule has 0 rings (SSSR count). The lowest BCUT2D eigenvalue weighted by molar-refractivity contribution is -0.167. The Hall–Kier alpha value is -1.59. The molecule has 0 aliphatic carbocycles. The minimum Gasteiger partial charge on any atom is -0.462 e. The highest BCUT2D eigenvalue weighted by atomic mass is 16.6. The zero-order valence-corrected chi connectivity index (χ0v) is 46.7. The molecule has 6 heteroatoms. The summed E-state index contributed by atoms with van der Waals surface area (Å²) in [6, 6.07) is 0. The molecule has 0 radical (unpaired) electrons. The Morgan fingerprint density at radius 3 is 0.721 bits per heavy atom. The summed E-state index contributed by atoms with van der Waals surface area (Å²) in [5.74, 6) is 0.864. The molecule has 0 unspecified atom stereocenters. The van der Waals surface area contributed by atoms with Crippen molar-refractivity contribution in [3.63, 3.8) is 0 Å². The van der Waals surface area contributed by atoms with Crippen molar-refractivity contribution in [2.24, 2.45) is 11.8 Å². The van der Waals surface area contributed by atoms with Crippen LogP contribution in [0.25, 0.3) is 0 Å². The van der Waals surface area contributed by atoms with Crippen LogP contribution in [0.3, 0.4) is 0 Å². The first-order valence-electron chi connectivity index (χ1n) is 30.7. The van der Waals surface area contributed by atoms with E-state index in [1.54, 1.807) is 0 Å². The van der Waals surface area contributed by atoms with Gasteiger partial charge in [-0.1, -0.05) is 311 Å². The average molecular weight is 962 g/mol. The molecule has 0 amide bonds. The van der Waals surface area contributed by atoms with Crippen LogP contribution in [0.5, 0.6) is 0 Å². The van der Waals surface area contributed by atoms with Gasteiger partial charge in [-0.2, -0.15) is 0 Å². The first-order chi connectivity index (χ1) is 33.2. The third-order valence-electron chi connectivity index (χ3n) is 14.2. The van der Waals surface area contributed by atoms with Crippen LogP contribution >= 0.6 is 0 Å². The van der Waals surface area contributed by atoms with Gasteiger partial charge in [0.1, 0.15) is 13.2 Å². The van der Waals surface area contributed by atoms with Crippen LogP contribution in [0, 0.1) is 11.8 Å². The second-order valence-corrected chi connectivity index (χ2v) is 22.3. The Morgan fingerprint density at radius 2 is 0.485 bits per heavy atom. The molecular formula is C62H120O6. The van der Waals surface area contributed by atoms with Crippen molar-refractivity contribution in [2.75, 3.05) is 13.2 Å². The molecule has 0 aliphatic heterocycles. The normalized spacial score (nSPS) is 12.0. The van der Waals surface area contributed by atoms with E-state index in [0.29, 0.717) is 19.3 Å². The van der Waals surface area contributed by atoms with Crippen molar-refractivity contribution in [1.82, 2.24) is 0 Å². The molecule has 1 atom stereocenters. The molecule has 6 nitrogen and oxygen atoms in total. The van der Waals surface area contributed by atoms with Crippen molar-refractivity contribution in [3.8, 4) is 0 Å². The fourth-order valence-corrected chi connectivity index (χ4v) is 9.58. The molecule has 0 bridgehead atoms. The Morgan fingerprint density at radius 1 is 0.279 bits per heavy atom. The van der Waals surface area contributed by atoms with Crippen molar-refractivity contribution < 1.29 is 28.6 Å². The van der Waals surface area contributed by atoms with Crippen LogP contribution in [0.1, 0.15) is 349 Å². The van der Waals surface area contributed by atoms with E-state index in [4.69, 9.17) is 14.2 Å². The number of unbranched alkanes of at least 4 members (excludes halogenated alkanes) is 41. The number of esters is 3. The minimum atomic E-state index is -0.763. The minimum absolute atomic E-state index is 0.0621. The van der Waals surface area contributed by atoms with Crippen LogP contribution in [-0.4, -0.2) is 37.2 Å². The van der Waals surface area contributed by atoms with E-state index in [0.717, 1.165) is 69.6 Å². The van der Waals surface area contributed by atoms with Crippen molar-refractivity contribution >= 4 is 17.9 Å². The number of carbonyl (C=O) groups excluding carboxylic acids is 3. The van der Waals surface area contributed by atoms with Gasteiger partial charge in [0.2, 0.25) is 0 Å². The van der Waals surface area contributed by atoms with Gasteiger partial charge in [-0.3, -0.25) is 14.4 Å². The van der Waals surface area contributed by atoms with E-state index < -0.39 is 6.10 Å². The molecule has 68 heavy (non-hydrogen) atoms. The average Bonchev–Trinajstić information content (AvgIpc) is 3.31. The fourth-order valence-electron chi connectivity index (χ4n) is 9.58. The van der Waals surface area contributed by atoms with Gasteiger partial charge in [-0.25, -0.2) is 0 Å². The molecule has 0 spiro atoms. The summed E-state index contributed by atoms with van der Waals surface area (Å²) in [5.41, 5.74) is 0. The van der Waals surface area contributed by atoms with Gasteiger partial charge < -0.3 is 14.2 Å². The molecule has 0 N–H and O–H groups in total. The molecular weight excluding hydrogens is 841 g/mol. The van der Waals surface area contributed by atoms with E-state index >= 15 is 0 Å². The molecule has 0 aliphatic rings. The Balaban J connectivity index is 4.26. The number of rotatable bonds is 56. The van der Waals surface area contributed by atoms with Crippen molar-refractivity contribution in [3.05, 3.63) is 0 Å². The smallest absolute Gasteiger partial charge is 0.306 e. The SMILES string of the molecule is CCCCCCCCCCCCCCCC(=O)OC[C@@H](COC(=O)CCCCCCCCCCCCCCCC(C)C)OC(=O)CCCCCCCCCCCCCCCCCCCCC(C)C. The third-order valence-corrected chi connectivity index (χ3v) is 14.2. The van der Waals surface area contributed by atoms with Gasteiger partial charge in [0.15, 0.2) is 6.10 Å². The molecule has 0 aromatic rings. The Bertz CT molecular complexity index is 1040. The summed E-state index contributed by atoms with van der Waals surface area (Å²) in [7, 11) is 0. The summed E-state index contributed by atoms with van der Waals surface area (Å²) in [4.78, 5) is 38.2. The lowest BCUT2D eigenvalue weighted by atomic mass is 10.0. The van der Waals surface area contributed by atoms with E-state index in [-0.39, 0.29) is 31.1 Å². The molecule has 0 heterocycles. The third kappa shape index (κ3) is 55.3. The lowest BCUT2D eigenvalue weighted by Gasteiger charge is -2.18. The first kappa shape index (κ1) is 66.4. The Kier molecular flexibility index (Phi) is 53.5. The predicted molar refractivity (Wildman–Crippen MR) is 293 cm³/mol.